The van der Waals surface area contributed by atoms with Crippen molar-refractivity contribution in [2.24, 2.45) is 0 Å². The van der Waals surface area contributed by atoms with E-state index in [-0.39, 0.29) is 18.7 Å². The van der Waals surface area contributed by atoms with Gasteiger partial charge in [-0.1, -0.05) is 23.2 Å². The fraction of sp³-hybridized carbons (Fsp3) is 0.136. The Kier molecular flexibility index (Phi) is 6.34. The average molecular weight is 474 g/mol. The van der Waals surface area contributed by atoms with Gasteiger partial charge in [-0.15, -0.1) is 0 Å². The molecule has 4 amide bonds. The third-order valence-electron chi connectivity index (χ3n) is 4.72. The van der Waals surface area contributed by atoms with Gasteiger partial charge < -0.3 is 13.7 Å². The number of rotatable bonds is 7. The molecule has 0 bridgehead atoms. The standard InChI is InChI=1S/C22H17Cl2N3O5/c23-14-5-6-18(24)19(11-14)32-10-8-26-7-1-3-15(26)12-17-20(28)25-22(30)27(21(17)29)13-16-4-2-9-31-16/h1-7,9,11-12H,8,10,13H2,(H,25,28,30). The van der Waals surface area contributed by atoms with Crippen molar-refractivity contribution in [2.45, 2.75) is 13.1 Å². The topological polar surface area (TPSA) is 93.8 Å². The second-order valence-corrected chi connectivity index (χ2v) is 7.68. The molecule has 1 aromatic carbocycles. The number of benzene rings is 1. The fourth-order valence-corrected chi connectivity index (χ4v) is 3.48. The highest BCUT2D eigenvalue weighted by Gasteiger charge is 2.36. The predicted octanol–water partition coefficient (Wildman–Crippen LogP) is 4.13. The smallest absolute Gasteiger partial charge is 0.331 e. The molecule has 8 nitrogen and oxygen atoms in total. The average Bonchev–Trinajstić information content (AvgIpc) is 3.43. The number of nitrogens with zero attached hydrogens (tertiary/aromatic N) is 2. The number of furan rings is 1. The monoisotopic (exact) mass is 473 g/mol. The summed E-state index contributed by atoms with van der Waals surface area (Å²) >= 11 is 12.1. The van der Waals surface area contributed by atoms with Gasteiger partial charge in [0.1, 0.15) is 23.7 Å². The van der Waals surface area contributed by atoms with E-state index < -0.39 is 17.8 Å². The van der Waals surface area contributed by atoms with Crippen LogP contribution in [0.25, 0.3) is 6.08 Å². The van der Waals surface area contributed by atoms with Crippen molar-refractivity contribution >= 4 is 47.1 Å². The van der Waals surface area contributed by atoms with E-state index in [1.807, 2.05) is 0 Å². The summed E-state index contributed by atoms with van der Waals surface area (Å²) in [7, 11) is 0. The molecule has 0 saturated carbocycles. The third-order valence-corrected chi connectivity index (χ3v) is 5.27. The summed E-state index contributed by atoms with van der Waals surface area (Å²) in [4.78, 5) is 38.3. The van der Waals surface area contributed by atoms with Gasteiger partial charge in [-0.25, -0.2) is 4.79 Å². The van der Waals surface area contributed by atoms with E-state index in [4.69, 9.17) is 32.4 Å². The van der Waals surface area contributed by atoms with E-state index in [2.05, 4.69) is 5.32 Å². The van der Waals surface area contributed by atoms with Crippen LogP contribution in [0.15, 0.2) is 64.9 Å². The van der Waals surface area contributed by atoms with E-state index in [1.165, 1.54) is 12.3 Å². The lowest BCUT2D eigenvalue weighted by molar-refractivity contribution is -0.130. The lowest BCUT2D eigenvalue weighted by Crippen LogP contribution is -2.53. The first-order chi connectivity index (χ1) is 15.4. The van der Waals surface area contributed by atoms with Crippen LogP contribution in [-0.4, -0.2) is 33.9 Å². The van der Waals surface area contributed by atoms with Crippen molar-refractivity contribution in [3.8, 4) is 5.75 Å². The molecule has 0 unspecified atom stereocenters. The van der Waals surface area contributed by atoms with Gasteiger partial charge in [-0.05, 0) is 42.5 Å². The van der Waals surface area contributed by atoms with Crippen molar-refractivity contribution in [3.05, 3.63) is 82.0 Å². The van der Waals surface area contributed by atoms with Crippen LogP contribution in [0.4, 0.5) is 4.79 Å². The maximum absolute atomic E-state index is 12.9. The second-order valence-electron chi connectivity index (χ2n) is 6.84. The molecular weight excluding hydrogens is 457 g/mol. The molecule has 0 atom stereocenters. The quantitative estimate of drug-likeness (QED) is 0.411. The minimum absolute atomic E-state index is 0.0858. The SMILES string of the molecule is O=C1NC(=O)N(Cc2ccco2)C(=O)C1=Cc1cccn1CCOc1cc(Cl)ccc1Cl. The van der Waals surface area contributed by atoms with Gasteiger partial charge in [0.05, 0.1) is 24.4 Å². The second kappa shape index (κ2) is 9.33. The molecule has 32 heavy (non-hydrogen) atoms. The van der Waals surface area contributed by atoms with E-state index in [9.17, 15) is 14.4 Å². The molecule has 3 aromatic rings. The van der Waals surface area contributed by atoms with Gasteiger partial charge in [0.2, 0.25) is 0 Å². The molecule has 1 saturated heterocycles. The number of hydrogen-bond donors (Lipinski definition) is 1. The van der Waals surface area contributed by atoms with Crippen LogP contribution < -0.4 is 10.1 Å². The normalized spacial score (nSPS) is 15.4. The van der Waals surface area contributed by atoms with Crippen LogP contribution in [0, 0.1) is 0 Å². The van der Waals surface area contributed by atoms with Crippen molar-refractivity contribution in [1.29, 1.82) is 0 Å². The van der Waals surface area contributed by atoms with Crippen LogP contribution in [0.2, 0.25) is 10.0 Å². The molecule has 4 rings (SSSR count). The Morgan fingerprint density at radius 3 is 2.72 bits per heavy atom. The zero-order chi connectivity index (χ0) is 22.7. The number of barbiturate groups is 1. The van der Waals surface area contributed by atoms with Gasteiger partial charge in [0.25, 0.3) is 11.8 Å². The zero-order valence-corrected chi connectivity index (χ0v) is 18.1. The fourth-order valence-electron chi connectivity index (χ4n) is 3.15. The van der Waals surface area contributed by atoms with E-state index in [0.717, 1.165) is 4.90 Å². The molecule has 10 heteroatoms. The number of carbonyl (C=O) groups is 3. The Morgan fingerprint density at radius 2 is 1.94 bits per heavy atom. The largest absolute Gasteiger partial charge is 0.490 e. The molecule has 1 aliphatic rings. The van der Waals surface area contributed by atoms with Gasteiger partial charge in [-0.2, -0.15) is 0 Å². The Balaban J connectivity index is 1.49. The molecule has 0 aliphatic carbocycles. The molecule has 2 aromatic heterocycles. The maximum Gasteiger partial charge on any atom is 0.331 e. The summed E-state index contributed by atoms with van der Waals surface area (Å²) in [5.74, 6) is -0.585. The number of ether oxygens (including phenoxy) is 1. The van der Waals surface area contributed by atoms with Gasteiger partial charge >= 0.3 is 6.03 Å². The molecule has 1 fully saturated rings. The predicted molar refractivity (Wildman–Crippen MR) is 117 cm³/mol. The summed E-state index contributed by atoms with van der Waals surface area (Å²) in [5, 5.41) is 3.13. The Morgan fingerprint density at radius 1 is 1.09 bits per heavy atom. The number of amides is 4. The first kappa shape index (κ1) is 21.7. The van der Waals surface area contributed by atoms with Gasteiger partial charge in [0.15, 0.2) is 0 Å². The van der Waals surface area contributed by atoms with Crippen molar-refractivity contribution < 1.29 is 23.5 Å². The lowest BCUT2D eigenvalue weighted by atomic mass is 10.1. The zero-order valence-electron chi connectivity index (χ0n) is 16.6. The first-order valence-electron chi connectivity index (χ1n) is 9.56. The minimum atomic E-state index is -0.796. The Labute approximate surface area is 192 Å². The number of nitrogens with one attached hydrogen (secondary N) is 1. The summed E-state index contributed by atoms with van der Waals surface area (Å²) in [6.07, 6.45) is 4.66. The van der Waals surface area contributed by atoms with Crippen LogP contribution in [0.5, 0.6) is 5.75 Å². The third kappa shape index (κ3) is 4.71. The summed E-state index contributed by atoms with van der Waals surface area (Å²) in [6.45, 7) is 0.603. The Hall–Kier alpha value is -3.49. The number of halogens is 2. The molecular formula is C22H17Cl2N3O5. The molecule has 0 spiro atoms. The molecule has 164 valence electrons. The minimum Gasteiger partial charge on any atom is -0.490 e. The maximum atomic E-state index is 12.9. The molecule has 1 N–H and O–H groups in total. The van der Waals surface area contributed by atoms with Crippen molar-refractivity contribution in [3.63, 3.8) is 0 Å². The lowest BCUT2D eigenvalue weighted by Gasteiger charge is -2.25. The van der Waals surface area contributed by atoms with Crippen molar-refractivity contribution in [2.75, 3.05) is 6.61 Å². The Bertz CT molecular complexity index is 1200. The summed E-state index contributed by atoms with van der Waals surface area (Å²) in [5.41, 5.74) is 0.437. The number of aromatic nitrogens is 1. The molecule has 0 radical (unpaired) electrons. The summed E-state index contributed by atoms with van der Waals surface area (Å²) < 4.78 is 12.7. The van der Waals surface area contributed by atoms with E-state index in [0.29, 0.717) is 33.8 Å². The molecule has 3 heterocycles. The number of imide groups is 2. The highest BCUT2D eigenvalue weighted by Crippen LogP contribution is 2.27. The number of carbonyl (C=O) groups excluding carboxylic acids is 3. The number of urea groups is 1. The van der Waals surface area contributed by atoms with Gasteiger partial charge in [0, 0.05) is 23.0 Å². The van der Waals surface area contributed by atoms with E-state index >= 15 is 0 Å². The van der Waals surface area contributed by atoms with E-state index in [1.54, 1.807) is 53.2 Å². The number of hydrogen-bond acceptors (Lipinski definition) is 5. The van der Waals surface area contributed by atoms with Crippen LogP contribution in [0.3, 0.4) is 0 Å². The summed E-state index contributed by atoms with van der Waals surface area (Å²) in [6, 6.07) is 10.9. The highest BCUT2D eigenvalue weighted by molar-refractivity contribution is 6.34. The van der Waals surface area contributed by atoms with Crippen molar-refractivity contribution in [1.82, 2.24) is 14.8 Å². The van der Waals surface area contributed by atoms with Crippen LogP contribution in [0.1, 0.15) is 11.5 Å². The van der Waals surface area contributed by atoms with Gasteiger partial charge in [-0.3, -0.25) is 19.8 Å². The molecule has 1 aliphatic heterocycles. The first-order valence-corrected chi connectivity index (χ1v) is 10.3. The highest BCUT2D eigenvalue weighted by atomic mass is 35.5. The van der Waals surface area contributed by atoms with Crippen LogP contribution in [-0.2, 0) is 22.7 Å². The van der Waals surface area contributed by atoms with Crippen LogP contribution >= 0.6 is 23.2 Å².